The molecule has 0 spiro atoms. The van der Waals surface area contributed by atoms with Crippen LogP contribution in [0.5, 0.6) is 0 Å². The molecule has 1 aliphatic heterocycles. The highest BCUT2D eigenvalue weighted by molar-refractivity contribution is 5.47. The molecule has 0 radical (unpaired) electrons. The Labute approximate surface area is 111 Å². The number of nitrogens with one attached hydrogen (secondary N) is 1. The first-order valence-electron chi connectivity index (χ1n) is 7.43. The number of hydrogen-bond acceptors (Lipinski definition) is 2. The summed E-state index contributed by atoms with van der Waals surface area (Å²) in [5.41, 5.74) is 2.80. The third kappa shape index (κ3) is 3.26. The summed E-state index contributed by atoms with van der Waals surface area (Å²) in [7, 11) is 0. The molecule has 1 aromatic rings. The number of rotatable bonds is 4. The first kappa shape index (κ1) is 13.4. The lowest BCUT2D eigenvalue weighted by Gasteiger charge is -2.22. The van der Waals surface area contributed by atoms with Crippen molar-refractivity contribution in [3.05, 3.63) is 29.8 Å². The van der Waals surface area contributed by atoms with E-state index in [1.54, 1.807) is 0 Å². The van der Waals surface area contributed by atoms with Crippen molar-refractivity contribution in [1.82, 2.24) is 5.32 Å². The monoisotopic (exact) mass is 246 g/mol. The smallest absolute Gasteiger partial charge is 0.0366 e. The van der Waals surface area contributed by atoms with Crippen LogP contribution < -0.4 is 10.2 Å². The molecule has 2 heteroatoms. The van der Waals surface area contributed by atoms with Crippen LogP contribution in [0.4, 0.5) is 5.69 Å². The van der Waals surface area contributed by atoms with E-state index in [1.165, 1.54) is 43.5 Å². The van der Waals surface area contributed by atoms with E-state index in [1.807, 2.05) is 0 Å². The average molecular weight is 246 g/mol. The van der Waals surface area contributed by atoms with Gasteiger partial charge < -0.3 is 10.2 Å². The molecule has 0 aliphatic carbocycles. The second-order valence-corrected chi connectivity index (χ2v) is 5.12. The van der Waals surface area contributed by atoms with Gasteiger partial charge in [-0.1, -0.05) is 25.0 Å². The van der Waals surface area contributed by atoms with Gasteiger partial charge in [-0.2, -0.15) is 0 Å². The SMILES string of the molecule is CCN(CC)c1ccc(C2CCCCCN2)cc1. The van der Waals surface area contributed by atoms with Crippen molar-refractivity contribution >= 4 is 5.69 Å². The molecule has 1 heterocycles. The van der Waals surface area contributed by atoms with Crippen LogP contribution in [0.3, 0.4) is 0 Å². The van der Waals surface area contributed by atoms with E-state index < -0.39 is 0 Å². The number of nitrogens with zero attached hydrogens (tertiary/aromatic N) is 1. The second kappa shape index (κ2) is 6.79. The quantitative estimate of drug-likeness (QED) is 0.870. The maximum Gasteiger partial charge on any atom is 0.0366 e. The fourth-order valence-corrected chi connectivity index (χ4v) is 2.82. The molecular weight excluding hydrogens is 220 g/mol. The summed E-state index contributed by atoms with van der Waals surface area (Å²) in [6, 6.07) is 9.72. The fraction of sp³-hybridized carbons (Fsp3) is 0.625. The molecule has 18 heavy (non-hydrogen) atoms. The van der Waals surface area contributed by atoms with Crippen molar-refractivity contribution in [1.29, 1.82) is 0 Å². The first-order chi connectivity index (χ1) is 8.85. The fourth-order valence-electron chi connectivity index (χ4n) is 2.82. The van der Waals surface area contributed by atoms with Crippen LogP contribution in [0, 0.1) is 0 Å². The average Bonchev–Trinajstić information content (AvgIpc) is 2.70. The van der Waals surface area contributed by atoms with Crippen molar-refractivity contribution in [3.63, 3.8) is 0 Å². The minimum absolute atomic E-state index is 0.568. The van der Waals surface area contributed by atoms with Crippen LogP contribution in [0.2, 0.25) is 0 Å². The highest BCUT2D eigenvalue weighted by Gasteiger charge is 2.13. The van der Waals surface area contributed by atoms with Gasteiger partial charge in [0, 0.05) is 24.8 Å². The van der Waals surface area contributed by atoms with E-state index in [0.29, 0.717) is 6.04 Å². The zero-order valence-corrected chi connectivity index (χ0v) is 11.8. The standard InChI is InChI=1S/C16H26N2/c1-3-18(4-2)15-11-9-14(10-12-15)16-8-6-5-7-13-17-16/h9-12,16-17H,3-8,13H2,1-2H3. The summed E-state index contributed by atoms with van der Waals surface area (Å²) >= 11 is 0. The van der Waals surface area contributed by atoms with Gasteiger partial charge in [0.05, 0.1) is 0 Å². The van der Waals surface area contributed by atoms with E-state index >= 15 is 0 Å². The van der Waals surface area contributed by atoms with Crippen LogP contribution in [-0.2, 0) is 0 Å². The zero-order valence-electron chi connectivity index (χ0n) is 11.8. The molecule has 2 nitrogen and oxygen atoms in total. The predicted molar refractivity (Wildman–Crippen MR) is 79.2 cm³/mol. The maximum atomic E-state index is 3.66. The molecular formula is C16H26N2. The molecule has 1 atom stereocenters. The number of benzene rings is 1. The predicted octanol–water partition coefficient (Wildman–Crippen LogP) is 3.74. The van der Waals surface area contributed by atoms with Crippen molar-refractivity contribution in [2.24, 2.45) is 0 Å². The third-order valence-electron chi connectivity index (χ3n) is 3.98. The first-order valence-corrected chi connectivity index (χ1v) is 7.43. The minimum atomic E-state index is 0.568. The Morgan fingerprint density at radius 2 is 1.78 bits per heavy atom. The van der Waals surface area contributed by atoms with Crippen LogP contribution in [0.1, 0.15) is 51.1 Å². The molecule has 1 unspecified atom stereocenters. The lowest BCUT2D eigenvalue weighted by Crippen LogP contribution is -2.22. The molecule has 0 saturated carbocycles. The van der Waals surface area contributed by atoms with Crippen LogP contribution >= 0.6 is 0 Å². The van der Waals surface area contributed by atoms with Crippen LogP contribution in [0.15, 0.2) is 24.3 Å². The molecule has 100 valence electrons. The summed E-state index contributed by atoms with van der Waals surface area (Å²) in [6.07, 6.45) is 5.34. The second-order valence-electron chi connectivity index (χ2n) is 5.12. The van der Waals surface area contributed by atoms with Gasteiger partial charge in [0.25, 0.3) is 0 Å². The summed E-state index contributed by atoms with van der Waals surface area (Å²) < 4.78 is 0. The van der Waals surface area contributed by atoms with Gasteiger partial charge in [0.1, 0.15) is 0 Å². The van der Waals surface area contributed by atoms with Crippen molar-refractivity contribution in [2.45, 2.75) is 45.6 Å². The Bertz CT molecular complexity index is 333. The summed E-state index contributed by atoms with van der Waals surface area (Å²) in [5, 5.41) is 3.66. The van der Waals surface area contributed by atoms with Gasteiger partial charge in [0.2, 0.25) is 0 Å². The Morgan fingerprint density at radius 1 is 1.06 bits per heavy atom. The molecule has 0 bridgehead atoms. The molecule has 1 aliphatic rings. The van der Waals surface area contributed by atoms with Gasteiger partial charge in [-0.15, -0.1) is 0 Å². The van der Waals surface area contributed by atoms with E-state index in [4.69, 9.17) is 0 Å². The van der Waals surface area contributed by atoms with Gasteiger partial charge >= 0.3 is 0 Å². The topological polar surface area (TPSA) is 15.3 Å². The highest BCUT2D eigenvalue weighted by Crippen LogP contribution is 2.24. The van der Waals surface area contributed by atoms with E-state index in [0.717, 1.165) is 13.1 Å². The van der Waals surface area contributed by atoms with E-state index in [9.17, 15) is 0 Å². The molecule has 1 fully saturated rings. The molecule has 1 aromatic carbocycles. The van der Waals surface area contributed by atoms with Crippen molar-refractivity contribution < 1.29 is 0 Å². The normalized spacial score (nSPS) is 20.4. The maximum absolute atomic E-state index is 3.66. The lowest BCUT2D eigenvalue weighted by molar-refractivity contribution is 0.535. The molecule has 2 rings (SSSR count). The van der Waals surface area contributed by atoms with E-state index in [-0.39, 0.29) is 0 Å². The number of anilines is 1. The summed E-state index contributed by atoms with van der Waals surface area (Å²) in [6.45, 7) is 7.76. The van der Waals surface area contributed by atoms with Gasteiger partial charge in [0.15, 0.2) is 0 Å². The Morgan fingerprint density at radius 3 is 2.44 bits per heavy atom. The van der Waals surface area contributed by atoms with E-state index in [2.05, 4.69) is 48.3 Å². The highest BCUT2D eigenvalue weighted by atomic mass is 15.1. The van der Waals surface area contributed by atoms with Crippen LogP contribution in [0.25, 0.3) is 0 Å². The lowest BCUT2D eigenvalue weighted by atomic mass is 10.0. The van der Waals surface area contributed by atoms with Crippen molar-refractivity contribution in [3.8, 4) is 0 Å². The minimum Gasteiger partial charge on any atom is -0.372 e. The van der Waals surface area contributed by atoms with Crippen molar-refractivity contribution in [2.75, 3.05) is 24.5 Å². The van der Waals surface area contributed by atoms with Crippen LogP contribution in [-0.4, -0.2) is 19.6 Å². The third-order valence-corrected chi connectivity index (χ3v) is 3.98. The Hall–Kier alpha value is -1.02. The van der Waals surface area contributed by atoms with Gasteiger partial charge in [-0.3, -0.25) is 0 Å². The molecule has 1 saturated heterocycles. The Balaban J connectivity index is 2.06. The largest absolute Gasteiger partial charge is 0.372 e. The zero-order chi connectivity index (χ0) is 12.8. The Kier molecular flexibility index (Phi) is 5.06. The summed E-state index contributed by atoms with van der Waals surface area (Å²) in [4.78, 5) is 2.39. The molecule has 0 aromatic heterocycles. The molecule has 0 amide bonds. The van der Waals surface area contributed by atoms with Gasteiger partial charge in [-0.05, 0) is 50.9 Å². The number of hydrogen-bond donors (Lipinski definition) is 1. The molecule has 1 N–H and O–H groups in total. The van der Waals surface area contributed by atoms with Gasteiger partial charge in [-0.25, -0.2) is 0 Å². The summed E-state index contributed by atoms with van der Waals surface area (Å²) in [5.74, 6) is 0.